The summed E-state index contributed by atoms with van der Waals surface area (Å²) in [5.41, 5.74) is 0.668. The fourth-order valence-electron chi connectivity index (χ4n) is 3.93. The monoisotopic (exact) mass is 389 g/mol. The number of thioether (sulfide) groups is 1. The van der Waals surface area contributed by atoms with Gasteiger partial charge in [0.2, 0.25) is 5.91 Å². The van der Waals surface area contributed by atoms with E-state index in [4.69, 9.17) is 0 Å². The maximum atomic E-state index is 12.7. The van der Waals surface area contributed by atoms with Gasteiger partial charge in [-0.2, -0.15) is 0 Å². The van der Waals surface area contributed by atoms with E-state index < -0.39 is 0 Å². The summed E-state index contributed by atoms with van der Waals surface area (Å²) < 4.78 is 0. The van der Waals surface area contributed by atoms with Crippen LogP contribution < -0.4 is 10.6 Å². The normalized spacial score (nSPS) is 20.9. The summed E-state index contributed by atoms with van der Waals surface area (Å²) in [6.45, 7) is 1.85. The predicted octanol–water partition coefficient (Wildman–Crippen LogP) is 3.05. The molecule has 0 aromatic heterocycles. The molecular weight excluding hydrogens is 358 g/mol. The van der Waals surface area contributed by atoms with Crippen molar-refractivity contribution in [3.8, 4) is 0 Å². The van der Waals surface area contributed by atoms with Crippen LogP contribution in [0.15, 0.2) is 29.2 Å². The lowest BCUT2D eigenvalue weighted by Gasteiger charge is -2.31. The average molecular weight is 390 g/mol. The molecule has 27 heavy (non-hydrogen) atoms. The summed E-state index contributed by atoms with van der Waals surface area (Å²) in [6, 6.07) is 8.16. The number of hydrogen-bond acceptors (Lipinski definition) is 4. The van der Waals surface area contributed by atoms with Crippen molar-refractivity contribution in [3.05, 3.63) is 29.8 Å². The van der Waals surface area contributed by atoms with Crippen LogP contribution in [0.3, 0.4) is 0 Å². The summed E-state index contributed by atoms with van der Waals surface area (Å²) in [6.07, 6.45) is 8.04. The molecule has 0 spiro atoms. The number of amides is 2. The fourth-order valence-corrected chi connectivity index (χ4v) is 4.91. The second kappa shape index (κ2) is 10.1. The van der Waals surface area contributed by atoms with Crippen molar-refractivity contribution in [2.24, 2.45) is 0 Å². The van der Waals surface area contributed by atoms with Crippen LogP contribution in [0.5, 0.6) is 0 Å². The first-order valence-electron chi connectivity index (χ1n) is 10.1. The minimum atomic E-state index is -0.0418. The van der Waals surface area contributed by atoms with Crippen molar-refractivity contribution in [1.29, 1.82) is 0 Å². The van der Waals surface area contributed by atoms with Crippen LogP contribution >= 0.6 is 11.8 Å². The molecule has 1 atom stereocenters. The Hall–Kier alpha value is -1.53. The van der Waals surface area contributed by atoms with E-state index in [-0.39, 0.29) is 17.9 Å². The molecule has 1 saturated heterocycles. The highest BCUT2D eigenvalue weighted by molar-refractivity contribution is 8.00. The number of carbonyl (C=O) groups excluding carboxylic acids is 2. The lowest BCUT2D eigenvalue weighted by Crippen LogP contribution is -2.45. The largest absolute Gasteiger partial charge is 0.348 e. The minimum absolute atomic E-state index is 0.0418. The molecule has 1 aliphatic carbocycles. The van der Waals surface area contributed by atoms with Crippen LogP contribution in [-0.2, 0) is 4.79 Å². The Balaban J connectivity index is 1.56. The lowest BCUT2D eigenvalue weighted by atomic mass is 9.94. The SMILES string of the molecule is CN(C(=O)CSc1ccccc1C(=O)N[C@H]1CCCNC1)C1CCCCC1. The fraction of sp³-hybridized carbons (Fsp3) is 0.619. The standard InChI is InChI=1S/C21H31N3O2S/c1-24(17-9-3-2-4-10-17)20(25)15-27-19-12-6-5-11-18(19)21(26)23-16-8-7-13-22-14-16/h5-6,11-12,16-17,22H,2-4,7-10,13-15H2,1H3,(H,23,26)/t16-/m0/s1. The zero-order valence-electron chi connectivity index (χ0n) is 16.2. The van der Waals surface area contributed by atoms with Gasteiger partial charge in [0.1, 0.15) is 0 Å². The molecule has 2 aliphatic rings. The van der Waals surface area contributed by atoms with Gasteiger partial charge in [-0.1, -0.05) is 31.4 Å². The predicted molar refractivity (Wildman–Crippen MR) is 110 cm³/mol. The Kier molecular flexibility index (Phi) is 7.59. The molecule has 148 valence electrons. The zero-order valence-corrected chi connectivity index (χ0v) is 17.0. The van der Waals surface area contributed by atoms with Crippen molar-refractivity contribution in [1.82, 2.24) is 15.5 Å². The zero-order chi connectivity index (χ0) is 19.1. The van der Waals surface area contributed by atoms with E-state index in [2.05, 4.69) is 10.6 Å². The van der Waals surface area contributed by atoms with Gasteiger partial charge in [0.25, 0.3) is 5.91 Å². The van der Waals surface area contributed by atoms with E-state index in [1.54, 1.807) is 0 Å². The Morgan fingerprint density at radius 3 is 2.67 bits per heavy atom. The average Bonchev–Trinajstić information content (AvgIpc) is 2.73. The van der Waals surface area contributed by atoms with Gasteiger partial charge in [0.15, 0.2) is 0 Å². The Bertz CT molecular complexity index is 640. The smallest absolute Gasteiger partial charge is 0.252 e. The molecule has 3 rings (SSSR count). The van der Waals surface area contributed by atoms with E-state index in [9.17, 15) is 9.59 Å². The molecule has 1 aliphatic heterocycles. The minimum Gasteiger partial charge on any atom is -0.348 e. The van der Waals surface area contributed by atoms with Crippen LogP contribution in [0.25, 0.3) is 0 Å². The number of piperidine rings is 1. The van der Waals surface area contributed by atoms with Crippen LogP contribution in [-0.4, -0.2) is 54.7 Å². The van der Waals surface area contributed by atoms with Crippen LogP contribution in [0.2, 0.25) is 0 Å². The van der Waals surface area contributed by atoms with Crippen molar-refractivity contribution in [2.75, 3.05) is 25.9 Å². The van der Waals surface area contributed by atoms with E-state index in [0.29, 0.717) is 17.4 Å². The summed E-state index contributed by atoms with van der Waals surface area (Å²) in [5, 5.41) is 6.45. The van der Waals surface area contributed by atoms with Crippen molar-refractivity contribution in [3.63, 3.8) is 0 Å². The van der Waals surface area contributed by atoms with Crippen molar-refractivity contribution < 1.29 is 9.59 Å². The molecule has 1 saturated carbocycles. The van der Waals surface area contributed by atoms with Crippen LogP contribution in [0, 0.1) is 0 Å². The molecule has 0 radical (unpaired) electrons. The van der Waals surface area contributed by atoms with E-state index in [1.807, 2.05) is 36.2 Å². The molecule has 0 bridgehead atoms. The third-order valence-electron chi connectivity index (χ3n) is 5.63. The summed E-state index contributed by atoms with van der Waals surface area (Å²) in [5.74, 6) is 0.487. The highest BCUT2D eigenvalue weighted by atomic mass is 32.2. The number of rotatable bonds is 6. The maximum Gasteiger partial charge on any atom is 0.252 e. The summed E-state index contributed by atoms with van der Waals surface area (Å²) >= 11 is 1.47. The van der Waals surface area contributed by atoms with Crippen molar-refractivity contribution in [2.45, 2.75) is 61.9 Å². The van der Waals surface area contributed by atoms with Gasteiger partial charge < -0.3 is 15.5 Å². The van der Waals surface area contributed by atoms with Crippen LogP contribution in [0.4, 0.5) is 0 Å². The topological polar surface area (TPSA) is 61.4 Å². The van der Waals surface area contributed by atoms with Gasteiger partial charge in [-0.05, 0) is 44.4 Å². The highest BCUT2D eigenvalue weighted by Crippen LogP contribution is 2.26. The molecule has 1 heterocycles. The Labute approximate surface area is 166 Å². The van der Waals surface area contributed by atoms with Gasteiger partial charge in [-0.25, -0.2) is 0 Å². The highest BCUT2D eigenvalue weighted by Gasteiger charge is 2.23. The number of nitrogens with one attached hydrogen (secondary N) is 2. The summed E-state index contributed by atoms with van der Waals surface area (Å²) in [7, 11) is 1.92. The molecule has 2 fully saturated rings. The van der Waals surface area contributed by atoms with Gasteiger partial charge in [-0.3, -0.25) is 9.59 Å². The quantitative estimate of drug-likeness (QED) is 0.734. The van der Waals surface area contributed by atoms with Gasteiger partial charge in [-0.15, -0.1) is 11.8 Å². The summed E-state index contributed by atoms with van der Waals surface area (Å²) in [4.78, 5) is 28.1. The molecule has 5 nitrogen and oxygen atoms in total. The van der Waals surface area contributed by atoms with Crippen molar-refractivity contribution >= 4 is 23.6 Å². The number of hydrogen-bond donors (Lipinski definition) is 2. The second-order valence-electron chi connectivity index (χ2n) is 7.60. The lowest BCUT2D eigenvalue weighted by molar-refractivity contribution is -0.129. The first kappa shape index (κ1) is 20.2. The molecule has 0 unspecified atom stereocenters. The molecule has 1 aromatic carbocycles. The Morgan fingerprint density at radius 2 is 1.93 bits per heavy atom. The second-order valence-corrected chi connectivity index (χ2v) is 8.62. The Morgan fingerprint density at radius 1 is 1.15 bits per heavy atom. The number of benzene rings is 1. The van der Waals surface area contributed by atoms with Crippen LogP contribution in [0.1, 0.15) is 55.3 Å². The third-order valence-corrected chi connectivity index (χ3v) is 6.69. The first-order valence-corrected chi connectivity index (χ1v) is 11.1. The van der Waals surface area contributed by atoms with E-state index >= 15 is 0 Å². The van der Waals surface area contributed by atoms with Gasteiger partial charge in [0.05, 0.1) is 11.3 Å². The first-order chi connectivity index (χ1) is 13.1. The number of carbonyl (C=O) groups is 2. The van der Waals surface area contributed by atoms with E-state index in [0.717, 1.165) is 43.7 Å². The maximum absolute atomic E-state index is 12.7. The molecule has 6 heteroatoms. The molecule has 2 amide bonds. The molecular formula is C21H31N3O2S. The molecule has 2 N–H and O–H groups in total. The third kappa shape index (κ3) is 5.72. The number of nitrogens with zero attached hydrogens (tertiary/aromatic N) is 1. The molecule has 1 aromatic rings. The van der Waals surface area contributed by atoms with Gasteiger partial charge >= 0.3 is 0 Å². The van der Waals surface area contributed by atoms with E-state index in [1.165, 1.54) is 31.0 Å². The van der Waals surface area contributed by atoms with Gasteiger partial charge in [0, 0.05) is 30.6 Å².